The zero-order valence-electron chi connectivity index (χ0n) is 6.59. The van der Waals surface area contributed by atoms with Crippen molar-refractivity contribution in [2.75, 3.05) is 13.7 Å². The molecule has 0 saturated heterocycles. The lowest BCUT2D eigenvalue weighted by Gasteiger charge is -2.11. The van der Waals surface area contributed by atoms with Gasteiger partial charge in [0, 0.05) is 13.5 Å². The van der Waals surface area contributed by atoms with Crippen molar-refractivity contribution in [1.82, 2.24) is 5.32 Å². The molecule has 0 aromatic heterocycles. The number of hydrogen-bond donors (Lipinski definition) is 2. The van der Waals surface area contributed by atoms with Gasteiger partial charge in [-0.1, -0.05) is 0 Å². The zero-order chi connectivity index (χ0) is 8.85. The summed E-state index contributed by atoms with van der Waals surface area (Å²) in [6.45, 7) is 1.36. The van der Waals surface area contributed by atoms with E-state index < -0.39 is 12.0 Å². The summed E-state index contributed by atoms with van der Waals surface area (Å²) in [5, 5.41) is 2.34. The van der Waals surface area contributed by atoms with Crippen molar-refractivity contribution in [2.24, 2.45) is 5.73 Å². The number of nitrogens with two attached hydrogens (primary N) is 1. The topological polar surface area (TPSA) is 81.4 Å². The van der Waals surface area contributed by atoms with Crippen LogP contribution < -0.4 is 11.1 Å². The Labute approximate surface area is 64.9 Å². The fourth-order valence-electron chi connectivity index (χ4n) is 0.602. The standard InChI is InChI=1S/C6H12N2O3/c1-4(9)8-5(3-7)6(10)11-2/h5H,3,7H2,1-2H3,(H,8,9)/t5-/m0/s1. The predicted octanol–water partition coefficient (Wildman–Crippen LogP) is -1.38. The Morgan fingerprint density at radius 2 is 2.18 bits per heavy atom. The monoisotopic (exact) mass is 160 g/mol. The van der Waals surface area contributed by atoms with Gasteiger partial charge in [0.1, 0.15) is 6.04 Å². The maximum Gasteiger partial charge on any atom is 0.329 e. The average molecular weight is 160 g/mol. The first kappa shape index (κ1) is 9.90. The molecule has 1 atom stereocenters. The van der Waals surface area contributed by atoms with E-state index in [9.17, 15) is 9.59 Å². The minimum Gasteiger partial charge on any atom is -0.467 e. The highest BCUT2D eigenvalue weighted by molar-refractivity contribution is 5.83. The van der Waals surface area contributed by atoms with Crippen molar-refractivity contribution in [3.8, 4) is 0 Å². The van der Waals surface area contributed by atoms with E-state index in [1.165, 1.54) is 14.0 Å². The minimum absolute atomic E-state index is 0.0479. The third kappa shape index (κ3) is 3.57. The first-order valence-corrected chi connectivity index (χ1v) is 3.16. The Balaban J connectivity index is 3.94. The van der Waals surface area contributed by atoms with E-state index in [-0.39, 0.29) is 12.5 Å². The van der Waals surface area contributed by atoms with E-state index in [4.69, 9.17) is 5.73 Å². The Kier molecular flexibility index (Phi) is 4.21. The SMILES string of the molecule is COC(=O)[C@H](CN)NC(C)=O. The van der Waals surface area contributed by atoms with Gasteiger partial charge < -0.3 is 15.8 Å². The number of rotatable bonds is 3. The molecule has 5 nitrogen and oxygen atoms in total. The molecule has 3 N–H and O–H groups in total. The second-order valence-corrected chi connectivity index (χ2v) is 2.01. The molecule has 5 heteroatoms. The molecular weight excluding hydrogens is 148 g/mol. The highest BCUT2D eigenvalue weighted by atomic mass is 16.5. The van der Waals surface area contributed by atoms with Crippen molar-refractivity contribution < 1.29 is 14.3 Å². The molecule has 0 aromatic rings. The van der Waals surface area contributed by atoms with E-state index >= 15 is 0 Å². The molecule has 0 aliphatic heterocycles. The van der Waals surface area contributed by atoms with Gasteiger partial charge in [-0.2, -0.15) is 0 Å². The van der Waals surface area contributed by atoms with Gasteiger partial charge in [0.05, 0.1) is 7.11 Å². The fraction of sp³-hybridized carbons (Fsp3) is 0.667. The number of carbonyl (C=O) groups excluding carboxylic acids is 2. The van der Waals surface area contributed by atoms with Crippen LogP contribution in [0.4, 0.5) is 0 Å². The van der Waals surface area contributed by atoms with Gasteiger partial charge >= 0.3 is 5.97 Å². The Morgan fingerprint density at radius 1 is 1.64 bits per heavy atom. The first-order valence-electron chi connectivity index (χ1n) is 3.16. The summed E-state index contributed by atoms with van der Waals surface area (Å²) in [5.74, 6) is -0.825. The van der Waals surface area contributed by atoms with Gasteiger partial charge in [0.2, 0.25) is 5.91 Å². The maximum absolute atomic E-state index is 10.8. The zero-order valence-corrected chi connectivity index (χ0v) is 6.59. The summed E-state index contributed by atoms with van der Waals surface area (Å²) in [4.78, 5) is 21.2. The van der Waals surface area contributed by atoms with Gasteiger partial charge in [0.15, 0.2) is 0 Å². The second-order valence-electron chi connectivity index (χ2n) is 2.01. The quantitative estimate of drug-likeness (QED) is 0.499. The predicted molar refractivity (Wildman–Crippen MR) is 38.7 cm³/mol. The molecule has 0 saturated carbocycles. The van der Waals surface area contributed by atoms with Crippen molar-refractivity contribution in [3.05, 3.63) is 0 Å². The van der Waals surface area contributed by atoms with E-state index in [0.717, 1.165) is 0 Å². The largest absolute Gasteiger partial charge is 0.467 e. The molecule has 0 aliphatic carbocycles. The van der Waals surface area contributed by atoms with Crippen LogP contribution in [-0.2, 0) is 14.3 Å². The normalized spacial score (nSPS) is 11.9. The van der Waals surface area contributed by atoms with Crippen LogP contribution in [0.5, 0.6) is 0 Å². The summed E-state index contributed by atoms with van der Waals surface area (Å²) in [6.07, 6.45) is 0. The van der Waals surface area contributed by atoms with Crippen LogP contribution in [-0.4, -0.2) is 31.6 Å². The number of ether oxygens (including phenoxy) is 1. The van der Waals surface area contributed by atoms with E-state index in [0.29, 0.717) is 0 Å². The summed E-state index contributed by atoms with van der Waals surface area (Å²) >= 11 is 0. The lowest BCUT2D eigenvalue weighted by Crippen LogP contribution is -2.45. The first-order chi connectivity index (χ1) is 5.11. The molecule has 0 aromatic carbocycles. The van der Waals surface area contributed by atoms with E-state index in [2.05, 4.69) is 10.1 Å². The Morgan fingerprint density at radius 3 is 2.45 bits per heavy atom. The summed E-state index contributed by atoms with van der Waals surface area (Å²) in [5.41, 5.74) is 5.18. The second kappa shape index (κ2) is 4.68. The third-order valence-electron chi connectivity index (χ3n) is 1.10. The van der Waals surface area contributed by atoms with E-state index in [1.54, 1.807) is 0 Å². The van der Waals surface area contributed by atoms with Gasteiger partial charge in [-0.3, -0.25) is 4.79 Å². The Hall–Kier alpha value is -1.10. The van der Waals surface area contributed by atoms with Gasteiger partial charge in [-0.05, 0) is 0 Å². The number of hydrogen-bond acceptors (Lipinski definition) is 4. The maximum atomic E-state index is 10.8. The molecule has 1 amide bonds. The van der Waals surface area contributed by atoms with Crippen LogP contribution in [0.25, 0.3) is 0 Å². The van der Waals surface area contributed by atoms with Crippen molar-refractivity contribution >= 4 is 11.9 Å². The lowest BCUT2D eigenvalue weighted by molar-refractivity contribution is -0.144. The number of methoxy groups -OCH3 is 1. The molecule has 0 heterocycles. The molecule has 11 heavy (non-hydrogen) atoms. The molecule has 0 bridgehead atoms. The van der Waals surface area contributed by atoms with Crippen LogP contribution in [0.15, 0.2) is 0 Å². The van der Waals surface area contributed by atoms with E-state index in [1.807, 2.05) is 0 Å². The van der Waals surface area contributed by atoms with Gasteiger partial charge in [0.25, 0.3) is 0 Å². The molecule has 0 spiro atoms. The number of esters is 1. The van der Waals surface area contributed by atoms with Crippen LogP contribution in [0.1, 0.15) is 6.92 Å². The molecule has 64 valence electrons. The Bertz CT molecular complexity index is 158. The number of carbonyl (C=O) groups is 2. The molecular formula is C6H12N2O3. The highest BCUT2D eigenvalue weighted by Crippen LogP contribution is 1.84. The van der Waals surface area contributed by atoms with Crippen LogP contribution >= 0.6 is 0 Å². The van der Waals surface area contributed by atoms with Crippen LogP contribution in [0, 0.1) is 0 Å². The average Bonchev–Trinajstić information content (AvgIpc) is 1.98. The molecule has 0 aliphatic rings. The molecule has 0 radical (unpaired) electrons. The molecule has 0 unspecified atom stereocenters. The van der Waals surface area contributed by atoms with Gasteiger partial charge in [-0.15, -0.1) is 0 Å². The van der Waals surface area contributed by atoms with Crippen LogP contribution in [0.3, 0.4) is 0 Å². The smallest absolute Gasteiger partial charge is 0.329 e. The summed E-state index contributed by atoms with van der Waals surface area (Å²) < 4.78 is 4.37. The van der Waals surface area contributed by atoms with Gasteiger partial charge in [-0.25, -0.2) is 4.79 Å². The number of amides is 1. The van der Waals surface area contributed by atoms with Crippen molar-refractivity contribution in [1.29, 1.82) is 0 Å². The lowest BCUT2D eigenvalue weighted by atomic mass is 10.3. The number of nitrogens with one attached hydrogen (secondary N) is 1. The van der Waals surface area contributed by atoms with Crippen molar-refractivity contribution in [3.63, 3.8) is 0 Å². The third-order valence-corrected chi connectivity index (χ3v) is 1.10. The minimum atomic E-state index is -0.725. The summed E-state index contributed by atoms with van der Waals surface area (Å²) in [6, 6.07) is -0.725. The van der Waals surface area contributed by atoms with Crippen molar-refractivity contribution in [2.45, 2.75) is 13.0 Å². The molecule has 0 rings (SSSR count). The highest BCUT2D eigenvalue weighted by Gasteiger charge is 2.17. The fourth-order valence-corrected chi connectivity index (χ4v) is 0.602. The van der Waals surface area contributed by atoms with Crippen LogP contribution in [0.2, 0.25) is 0 Å². The molecule has 0 fully saturated rings. The summed E-state index contributed by atoms with van der Waals surface area (Å²) in [7, 11) is 1.24.